The number of rotatable bonds is 5. The zero-order valence-electron chi connectivity index (χ0n) is 13.8. The third-order valence-electron chi connectivity index (χ3n) is 4.40. The Morgan fingerprint density at radius 1 is 1.28 bits per heavy atom. The van der Waals surface area contributed by atoms with E-state index in [2.05, 4.69) is 24.8 Å². The Morgan fingerprint density at radius 3 is 3.08 bits per heavy atom. The van der Waals surface area contributed by atoms with Crippen molar-refractivity contribution in [3.63, 3.8) is 0 Å². The molecule has 0 radical (unpaired) electrons. The van der Waals surface area contributed by atoms with Crippen molar-refractivity contribution < 1.29 is 13.9 Å². The highest BCUT2D eigenvalue weighted by Gasteiger charge is 2.28. The van der Waals surface area contributed by atoms with Crippen molar-refractivity contribution in [2.45, 2.75) is 18.9 Å². The fourth-order valence-electron chi connectivity index (χ4n) is 3.20. The summed E-state index contributed by atoms with van der Waals surface area (Å²) in [5.41, 5.74) is 1.46. The second-order valence-electron chi connectivity index (χ2n) is 5.89. The Balaban J connectivity index is 1.55. The van der Waals surface area contributed by atoms with Gasteiger partial charge in [0, 0.05) is 12.6 Å². The molecular weight excluding hydrogens is 325 g/mol. The lowest BCUT2D eigenvalue weighted by molar-refractivity contribution is 0.270. The molecule has 7 nitrogen and oxygen atoms in total. The number of aromatic amines is 1. The molecule has 1 fully saturated rings. The van der Waals surface area contributed by atoms with Crippen LogP contribution in [0.15, 0.2) is 30.9 Å². The summed E-state index contributed by atoms with van der Waals surface area (Å²) in [4.78, 5) is 18.1. The number of ether oxygens (including phenoxy) is 2. The zero-order chi connectivity index (χ0) is 17.2. The number of halogens is 1. The van der Waals surface area contributed by atoms with Crippen LogP contribution in [0.1, 0.15) is 12.8 Å². The minimum Gasteiger partial charge on any atom is -0.493 e. The maximum absolute atomic E-state index is 13.5. The predicted molar refractivity (Wildman–Crippen MR) is 90.5 cm³/mol. The van der Waals surface area contributed by atoms with Crippen molar-refractivity contribution in [1.29, 1.82) is 0 Å². The van der Waals surface area contributed by atoms with Crippen LogP contribution in [-0.2, 0) is 0 Å². The van der Waals surface area contributed by atoms with Gasteiger partial charge in [0.2, 0.25) is 0 Å². The number of methoxy groups -OCH3 is 1. The first-order chi connectivity index (χ1) is 12.3. The molecule has 1 N–H and O–H groups in total. The van der Waals surface area contributed by atoms with Gasteiger partial charge in [-0.3, -0.25) is 0 Å². The average molecular weight is 343 g/mol. The van der Waals surface area contributed by atoms with Crippen LogP contribution in [0.5, 0.6) is 11.5 Å². The molecule has 1 aliphatic heterocycles. The first-order valence-corrected chi connectivity index (χ1v) is 8.13. The van der Waals surface area contributed by atoms with Crippen LogP contribution in [0.25, 0.3) is 11.2 Å². The molecule has 25 heavy (non-hydrogen) atoms. The molecule has 0 saturated carbocycles. The predicted octanol–water partition coefficient (Wildman–Crippen LogP) is 2.55. The van der Waals surface area contributed by atoms with Crippen LogP contribution < -0.4 is 14.4 Å². The average Bonchev–Trinajstić information content (AvgIpc) is 3.28. The summed E-state index contributed by atoms with van der Waals surface area (Å²) in [6, 6.07) is 4.38. The maximum atomic E-state index is 13.5. The first kappa shape index (κ1) is 15.6. The van der Waals surface area contributed by atoms with Crippen LogP contribution in [0.4, 0.5) is 10.2 Å². The fraction of sp³-hybridized carbons (Fsp3) is 0.353. The summed E-state index contributed by atoms with van der Waals surface area (Å²) in [6.07, 6.45) is 5.14. The molecular formula is C17H18FN5O2. The van der Waals surface area contributed by atoms with E-state index in [-0.39, 0.29) is 11.9 Å². The molecule has 130 valence electrons. The summed E-state index contributed by atoms with van der Waals surface area (Å²) in [6.45, 7) is 1.28. The van der Waals surface area contributed by atoms with Crippen LogP contribution in [0.3, 0.4) is 0 Å². The number of hydrogen-bond acceptors (Lipinski definition) is 6. The zero-order valence-corrected chi connectivity index (χ0v) is 13.8. The SMILES string of the molecule is COc1ccc(F)cc1OC[C@H]1CCCN1c1ncnc2[nH]cnc12. The molecule has 3 aromatic rings. The van der Waals surface area contributed by atoms with E-state index in [0.29, 0.717) is 23.8 Å². The lowest BCUT2D eigenvalue weighted by Crippen LogP contribution is -2.35. The summed E-state index contributed by atoms with van der Waals surface area (Å²) < 4.78 is 24.6. The lowest BCUT2D eigenvalue weighted by Gasteiger charge is -2.26. The summed E-state index contributed by atoms with van der Waals surface area (Å²) >= 11 is 0. The van der Waals surface area contributed by atoms with Crippen molar-refractivity contribution in [1.82, 2.24) is 19.9 Å². The largest absolute Gasteiger partial charge is 0.493 e. The third-order valence-corrected chi connectivity index (χ3v) is 4.40. The second-order valence-corrected chi connectivity index (χ2v) is 5.89. The van der Waals surface area contributed by atoms with E-state index in [1.807, 2.05) is 0 Å². The molecule has 0 unspecified atom stereocenters. The van der Waals surface area contributed by atoms with Gasteiger partial charge in [0.25, 0.3) is 0 Å². The minimum absolute atomic E-state index is 0.128. The number of fused-ring (bicyclic) bond motifs is 1. The van der Waals surface area contributed by atoms with Crippen LogP contribution in [0, 0.1) is 5.82 Å². The van der Waals surface area contributed by atoms with Gasteiger partial charge in [-0.25, -0.2) is 19.3 Å². The van der Waals surface area contributed by atoms with Gasteiger partial charge in [-0.05, 0) is 25.0 Å². The van der Waals surface area contributed by atoms with E-state index in [4.69, 9.17) is 9.47 Å². The second kappa shape index (κ2) is 6.54. The van der Waals surface area contributed by atoms with Crippen molar-refractivity contribution in [2.24, 2.45) is 0 Å². The standard InChI is InChI=1S/C17H18FN5O2/c1-24-13-5-4-11(18)7-14(13)25-8-12-3-2-6-23(12)17-15-16(20-9-19-15)21-10-22-17/h4-5,7,9-10,12H,2-3,6,8H2,1H3,(H,19,20,21,22)/t12-/m1/s1. The van der Waals surface area contributed by atoms with Gasteiger partial charge in [0.05, 0.1) is 19.5 Å². The molecule has 1 saturated heterocycles. The third kappa shape index (κ3) is 2.95. The van der Waals surface area contributed by atoms with Gasteiger partial charge in [-0.2, -0.15) is 0 Å². The topological polar surface area (TPSA) is 76.2 Å². The van der Waals surface area contributed by atoms with Crippen LogP contribution >= 0.6 is 0 Å². The number of anilines is 1. The smallest absolute Gasteiger partial charge is 0.164 e. The van der Waals surface area contributed by atoms with Crippen LogP contribution in [-0.4, -0.2) is 46.2 Å². The van der Waals surface area contributed by atoms with Crippen LogP contribution in [0.2, 0.25) is 0 Å². The molecule has 8 heteroatoms. The van der Waals surface area contributed by atoms with Gasteiger partial charge >= 0.3 is 0 Å². The van der Waals surface area contributed by atoms with Crippen molar-refractivity contribution >= 4 is 17.0 Å². The molecule has 0 amide bonds. The highest BCUT2D eigenvalue weighted by Crippen LogP contribution is 2.31. The molecule has 2 aromatic heterocycles. The summed E-state index contributed by atoms with van der Waals surface area (Å²) in [7, 11) is 1.54. The Bertz CT molecular complexity index is 884. The lowest BCUT2D eigenvalue weighted by atomic mass is 10.2. The van der Waals surface area contributed by atoms with E-state index in [1.54, 1.807) is 12.4 Å². The molecule has 1 atom stereocenters. The van der Waals surface area contributed by atoms with Gasteiger partial charge < -0.3 is 19.4 Å². The summed E-state index contributed by atoms with van der Waals surface area (Å²) in [5, 5.41) is 0. The molecule has 0 spiro atoms. The molecule has 0 bridgehead atoms. The Labute approximate surface area is 143 Å². The highest BCUT2D eigenvalue weighted by molar-refractivity contribution is 5.83. The van der Waals surface area contributed by atoms with E-state index in [9.17, 15) is 4.39 Å². The van der Waals surface area contributed by atoms with Crippen molar-refractivity contribution in [3.05, 3.63) is 36.7 Å². The first-order valence-electron chi connectivity index (χ1n) is 8.13. The molecule has 1 aromatic carbocycles. The van der Waals surface area contributed by atoms with Gasteiger partial charge in [0.1, 0.15) is 24.3 Å². The number of aromatic nitrogens is 4. The monoisotopic (exact) mass is 343 g/mol. The Kier molecular flexibility index (Phi) is 4.09. The minimum atomic E-state index is -0.354. The Morgan fingerprint density at radius 2 is 2.20 bits per heavy atom. The number of hydrogen-bond donors (Lipinski definition) is 1. The van der Waals surface area contributed by atoms with Crippen molar-refractivity contribution in [3.8, 4) is 11.5 Å². The maximum Gasteiger partial charge on any atom is 0.164 e. The van der Waals surface area contributed by atoms with Gasteiger partial charge in [0.15, 0.2) is 23.0 Å². The van der Waals surface area contributed by atoms with Gasteiger partial charge in [-0.1, -0.05) is 0 Å². The number of nitrogens with zero attached hydrogens (tertiary/aromatic N) is 4. The number of H-pyrrole nitrogens is 1. The van der Waals surface area contributed by atoms with Gasteiger partial charge in [-0.15, -0.1) is 0 Å². The quantitative estimate of drug-likeness (QED) is 0.767. The highest BCUT2D eigenvalue weighted by atomic mass is 19.1. The van der Waals surface area contributed by atoms with E-state index >= 15 is 0 Å². The normalized spacial score (nSPS) is 17.2. The molecule has 4 rings (SSSR count). The molecule has 3 heterocycles. The number of imidazole rings is 1. The van der Waals surface area contributed by atoms with Crippen molar-refractivity contribution in [2.75, 3.05) is 25.2 Å². The number of benzene rings is 1. The van der Waals surface area contributed by atoms with E-state index in [0.717, 1.165) is 30.7 Å². The fourth-order valence-corrected chi connectivity index (χ4v) is 3.20. The van der Waals surface area contributed by atoms with E-state index in [1.165, 1.54) is 25.6 Å². The summed E-state index contributed by atoms with van der Waals surface area (Å²) in [5.74, 6) is 1.36. The molecule has 0 aliphatic carbocycles. The molecule has 1 aliphatic rings. The van der Waals surface area contributed by atoms with E-state index < -0.39 is 0 Å². The number of nitrogens with one attached hydrogen (secondary N) is 1. The Hall–Kier alpha value is -2.90.